The fourth-order valence-corrected chi connectivity index (χ4v) is 2.68. The number of nitrogens with zero attached hydrogens (tertiary/aromatic N) is 2. The minimum atomic E-state index is -0.485. The van der Waals surface area contributed by atoms with E-state index in [-0.39, 0.29) is 5.76 Å². The van der Waals surface area contributed by atoms with Crippen molar-refractivity contribution >= 4 is 17.3 Å². The summed E-state index contributed by atoms with van der Waals surface area (Å²) in [4.78, 5) is 21.3. The summed E-state index contributed by atoms with van der Waals surface area (Å²) in [6, 6.07) is 0. The highest BCUT2D eigenvalue weighted by Gasteiger charge is 2.23. The third kappa shape index (κ3) is 2.68. The van der Waals surface area contributed by atoms with Gasteiger partial charge >= 0.3 is 5.97 Å². The van der Waals surface area contributed by atoms with Crippen LogP contribution < -0.4 is 0 Å². The normalized spacial score (nSPS) is 10.7. The van der Waals surface area contributed by atoms with Gasteiger partial charge in [0.1, 0.15) is 4.88 Å². The number of hydrogen-bond donors (Lipinski definition) is 0. The van der Waals surface area contributed by atoms with Crippen LogP contribution >= 0.6 is 11.3 Å². The number of hydrogen-bond acceptors (Lipinski definition) is 6. The minimum Gasteiger partial charge on any atom is -0.463 e. The molecular formula is C13H16N2O3S. The third-order valence-electron chi connectivity index (χ3n) is 2.65. The second kappa shape index (κ2) is 5.52. The molecule has 0 aromatic carbocycles. The fourth-order valence-electron chi connectivity index (χ4n) is 1.84. The Balaban J connectivity index is 2.48. The maximum atomic E-state index is 11.7. The highest BCUT2D eigenvalue weighted by atomic mass is 32.1. The van der Waals surface area contributed by atoms with Crippen molar-refractivity contribution in [3.63, 3.8) is 0 Å². The van der Waals surface area contributed by atoms with E-state index < -0.39 is 5.97 Å². The molecular weight excluding hydrogens is 264 g/mol. The van der Waals surface area contributed by atoms with Gasteiger partial charge in [-0.05, 0) is 20.3 Å². The van der Waals surface area contributed by atoms with Gasteiger partial charge in [0.15, 0.2) is 0 Å². The van der Waals surface area contributed by atoms with Crippen molar-refractivity contribution in [1.82, 2.24) is 9.97 Å². The summed E-state index contributed by atoms with van der Waals surface area (Å²) in [5, 5.41) is 0.947. The Kier molecular flexibility index (Phi) is 3.99. The standard InChI is InChI=1S/C13H16N2O3S/c1-5-6-9-10(13(16)17-4)18-12(15-9)11-7(2)14-8(3)19-11/h5-6H2,1-4H3. The van der Waals surface area contributed by atoms with Gasteiger partial charge in [-0.15, -0.1) is 11.3 Å². The van der Waals surface area contributed by atoms with Crippen LogP contribution in [0, 0.1) is 13.8 Å². The molecule has 0 bridgehead atoms. The van der Waals surface area contributed by atoms with Crippen molar-refractivity contribution in [2.75, 3.05) is 7.11 Å². The molecule has 6 heteroatoms. The van der Waals surface area contributed by atoms with Crippen LogP contribution in [0.5, 0.6) is 0 Å². The van der Waals surface area contributed by atoms with Crippen LogP contribution in [0.3, 0.4) is 0 Å². The van der Waals surface area contributed by atoms with Crippen LogP contribution in [-0.4, -0.2) is 23.0 Å². The molecule has 0 spiro atoms. The third-order valence-corrected chi connectivity index (χ3v) is 3.71. The van der Waals surface area contributed by atoms with Gasteiger partial charge in [0, 0.05) is 0 Å². The number of methoxy groups -OCH3 is 1. The molecule has 5 nitrogen and oxygen atoms in total. The number of rotatable bonds is 4. The maximum Gasteiger partial charge on any atom is 0.376 e. The number of thiazole rings is 1. The summed E-state index contributed by atoms with van der Waals surface area (Å²) in [6.45, 7) is 5.86. The molecule has 0 aliphatic rings. The summed E-state index contributed by atoms with van der Waals surface area (Å²) in [6.07, 6.45) is 1.57. The molecule has 2 aromatic rings. The van der Waals surface area contributed by atoms with E-state index in [4.69, 9.17) is 9.15 Å². The highest BCUT2D eigenvalue weighted by Crippen LogP contribution is 2.31. The van der Waals surface area contributed by atoms with Crippen molar-refractivity contribution in [3.8, 4) is 10.8 Å². The number of oxazole rings is 1. The molecule has 0 unspecified atom stereocenters. The number of carbonyl (C=O) groups is 1. The topological polar surface area (TPSA) is 65.2 Å². The number of ether oxygens (including phenoxy) is 1. The predicted molar refractivity (Wildman–Crippen MR) is 72.4 cm³/mol. The molecule has 0 amide bonds. The first-order valence-electron chi connectivity index (χ1n) is 6.09. The lowest BCUT2D eigenvalue weighted by atomic mass is 10.2. The largest absolute Gasteiger partial charge is 0.463 e. The van der Waals surface area contributed by atoms with Crippen LogP contribution in [-0.2, 0) is 11.2 Å². The number of esters is 1. The zero-order valence-corrected chi connectivity index (χ0v) is 12.3. The zero-order valence-electron chi connectivity index (χ0n) is 11.4. The summed E-state index contributed by atoms with van der Waals surface area (Å²) < 4.78 is 10.3. The second-order valence-corrected chi connectivity index (χ2v) is 5.39. The molecule has 0 fully saturated rings. The van der Waals surface area contributed by atoms with Gasteiger partial charge in [-0.25, -0.2) is 14.8 Å². The smallest absolute Gasteiger partial charge is 0.376 e. The van der Waals surface area contributed by atoms with Gasteiger partial charge in [-0.3, -0.25) is 0 Å². The van der Waals surface area contributed by atoms with Crippen LogP contribution in [0.1, 0.15) is 40.3 Å². The second-order valence-electron chi connectivity index (χ2n) is 4.18. The van der Waals surface area contributed by atoms with E-state index in [1.54, 1.807) is 0 Å². The lowest BCUT2D eigenvalue weighted by Crippen LogP contribution is -2.03. The van der Waals surface area contributed by atoms with E-state index >= 15 is 0 Å². The summed E-state index contributed by atoms with van der Waals surface area (Å²) in [5.74, 6) is 0.165. The summed E-state index contributed by atoms with van der Waals surface area (Å²) >= 11 is 1.51. The summed E-state index contributed by atoms with van der Waals surface area (Å²) in [5.41, 5.74) is 1.51. The zero-order chi connectivity index (χ0) is 14.0. The molecule has 0 atom stereocenters. The Labute approximate surface area is 115 Å². The van der Waals surface area contributed by atoms with Gasteiger partial charge < -0.3 is 9.15 Å². The van der Waals surface area contributed by atoms with Gasteiger partial charge in [0.25, 0.3) is 0 Å². The fraction of sp³-hybridized carbons (Fsp3) is 0.462. The summed E-state index contributed by atoms with van der Waals surface area (Å²) in [7, 11) is 1.34. The van der Waals surface area contributed by atoms with Crippen molar-refractivity contribution in [3.05, 3.63) is 22.2 Å². The SMILES string of the molecule is CCCc1nc(-c2sc(C)nc2C)oc1C(=O)OC. The van der Waals surface area contributed by atoms with Crippen LogP contribution in [0.15, 0.2) is 4.42 Å². The first-order chi connectivity index (χ1) is 9.06. The average Bonchev–Trinajstić information content (AvgIpc) is 2.92. The lowest BCUT2D eigenvalue weighted by Gasteiger charge is -1.96. The molecule has 0 aliphatic heterocycles. The average molecular weight is 280 g/mol. The van der Waals surface area contributed by atoms with Gasteiger partial charge in [0.2, 0.25) is 11.7 Å². The van der Waals surface area contributed by atoms with E-state index in [2.05, 4.69) is 9.97 Å². The van der Waals surface area contributed by atoms with E-state index in [1.807, 2.05) is 20.8 Å². The first kappa shape index (κ1) is 13.7. The maximum absolute atomic E-state index is 11.7. The highest BCUT2D eigenvalue weighted by molar-refractivity contribution is 7.15. The number of aromatic nitrogens is 2. The Morgan fingerprint density at radius 2 is 2.11 bits per heavy atom. The predicted octanol–water partition coefficient (Wildman–Crippen LogP) is 3.15. The number of carbonyl (C=O) groups excluding carboxylic acids is 1. The lowest BCUT2D eigenvalue weighted by molar-refractivity contribution is 0.0564. The Bertz CT molecular complexity index is 601. The molecule has 2 rings (SSSR count). The van der Waals surface area contributed by atoms with E-state index in [9.17, 15) is 4.79 Å². The molecule has 0 saturated heterocycles. The van der Waals surface area contributed by atoms with Crippen molar-refractivity contribution in [2.45, 2.75) is 33.6 Å². The van der Waals surface area contributed by atoms with Crippen LogP contribution in [0.2, 0.25) is 0 Å². The Morgan fingerprint density at radius 1 is 1.37 bits per heavy atom. The molecule has 0 aliphatic carbocycles. The van der Waals surface area contributed by atoms with Crippen LogP contribution in [0.25, 0.3) is 10.8 Å². The van der Waals surface area contributed by atoms with Gasteiger partial charge in [-0.1, -0.05) is 13.3 Å². The van der Waals surface area contributed by atoms with E-state index in [1.165, 1.54) is 18.4 Å². The van der Waals surface area contributed by atoms with Crippen molar-refractivity contribution in [1.29, 1.82) is 0 Å². The molecule has 2 heterocycles. The van der Waals surface area contributed by atoms with Crippen LogP contribution in [0.4, 0.5) is 0 Å². The molecule has 102 valence electrons. The molecule has 0 radical (unpaired) electrons. The van der Waals surface area contributed by atoms with Crippen molar-refractivity contribution < 1.29 is 13.9 Å². The van der Waals surface area contributed by atoms with E-state index in [0.29, 0.717) is 18.0 Å². The van der Waals surface area contributed by atoms with Gasteiger partial charge in [-0.2, -0.15) is 0 Å². The molecule has 2 aromatic heterocycles. The van der Waals surface area contributed by atoms with Gasteiger partial charge in [0.05, 0.1) is 23.5 Å². The Morgan fingerprint density at radius 3 is 2.63 bits per heavy atom. The van der Waals surface area contributed by atoms with E-state index in [0.717, 1.165) is 22.0 Å². The monoisotopic (exact) mass is 280 g/mol. The molecule has 19 heavy (non-hydrogen) atoms. The first-order valence-corrected chi connectivity index (χ1v) is 6.90. The van der Waals surface area contributed by atoms with Crippen molar-refractivity contribution in [2.24, 2.45) is 0 Å². The quantitative estimate of drug-likeness (QED) is 0.805. The molecule has 0 saturated carbocycles. The molecule has 0 N–H and O–H groups in total. The number of aryl methyl sites for hydroxylation is 3. The minimum absolute atomic E-state index is 0.199. The Hall–Kier alpha value is -1.69.